The molecule has 1 fully saturated rings. The standard InChI is InChI=1S/C14H17NO3/c16-12(9-11-5-2-1-3-6-11)15-14(7-4-8-14)10-13(17)18/h1-3,5-6H,4,7-10H2,(H,15,16)(H,17,18). The van der Waals surface area contributed by atoms with Crippen molar-refractivity contribution in [3.63, 3.8) is 0 Å². The van der Waals surface area contributed by atoms with Crippen LogP contribution in [-0.4, -0.2) is 22.5 Å². The normalized spacial score (nSPS) is 16.7. The number of carbonyl (C=O) groups is 2. The van der Waals surface area contributed by atoms with Crippen LogP contribution in [0.5, 0.6) is 0 Å². The van der Waals surface area contributed by atoms with Gasteiger partial charge in [-0.05, 0) is 24.8 Å². The fraction of sp³-hybridized carbons (Fsp3) is 0.429. The van der Waals surface area contributed by atoms with Gasteiger partial charge in [0, 0.05) is 0 Å². The summed E-state index contributed by atoms with van der Waals surface area (Å²) < 4.78 is 0. The lowest BCUT2D eigenvalue weighted by atomic mass is 9.74. The molecule has 1 aromatic rings. The Balaban J connectivity index is 1.92. The molecule has 2 rings (SSSR count). The van der Waals surface area contributed by atoms with Crippen LogP contribution < -0.4 is 5.32 Å². The molecule has 18 heavy (non-hydrogen) atoms. The molecule has 1 aliphatic carbocycles. The van der Waals surface area contributed by atoms with Crippen LogP contribution >= 0.6 is 0 Å². The van der Waals surface area contributed by atoms with E-state index < -0.39 is 11.5 Å². The SMILES string of the molecule is O=C(O)CC1(NC(=O)Cc2ccccc2)CCC1. The van der Waals surface area contributed by atoms with E-state index in [-0.39, 0.29) is 12.3 Å². The second-order valence-electron chi connectivity index (χ2n) is 4.91. The topological polar surface area (TPSA) is 66.4 Å². The average Bonchev–Trinajstić information content (AvgIpc) is 2.26. The van der Waals surface area contributed by atoms with Gasteiger partial charge in [0.15, 0.2) is 0 Å². The van der Waals surface area contributed by atoms with Crippen molar-refractivity contribution in [2.75, 3.05) is 0 Å². The van der Waals surface area contributed by atoms with Crippen molar-refractivity contribution in [3.8, 4) is 0 Å². The van der Waals surface area contributed by atoms with Crippen molar-refractivity contribution in [2.24, 2.45) is 0 Å². The Kier molecular flexibility index (Phi) is 3.65. The quantitative estimate of drug-likeness (QED) is 0.833. The van der Waals surface area contributed by atoms with Gasteiger partial charge in [-0.1, -0.05) is 30.3 Å². The third kappa shape index (κ3) is 3.09. The van der Waals surface area contributed by atoms with Gasteiger partial charge in [-0.3, -0.25) is 9.59 Å². The second-order valence-corrected chi connectivity index (χ2v) is 4.91. The van der Waals surface area contributed by atoms with Crippen molar-refractivity contribution >= 4 is 11.9 Å². The number of hydrogen-bond acceptors (Lipinski definition) is 2. The number of hydrogen-bond donors (Lipinski definition) is 2. The van der Waals surface area contributed by atoms with Gasteiger partial charge >= 0.3 is 5.97 Å². The average molecular weight is 247 g/mol. The number of carboxylic acids is 1. The van der Waals surface area contributed by atoms with E-state index in [9.17, 15) is 9.59 Å². The predicted molar refractivity (Wildman–Crippen MR) is 67.1 cm³/mol. The Morgan fingerprint density at radius 3 is 2.39 bits per heavy atom. The molecular formula is C14H17NO3. The number of carbonyl (C=O) groups excluding carboxylic acids is 1. The van der Waals surface area contributed by atoms with Crippen LogP contribution in [0.3, 0.4) is 0 Å². The van der Waals surface area contributed by atoms with Crippen molar-refractivity contribution in [1.29, 1.82) is 0 Å². The van der Waals surface area contributed by atoms with Crippen LogP contribution in [0.15, 0.2) is 30.3 Å². The van der Waals surface area contributed by atoms with E-state index >= 15 is 0 Å². The van der Waals surface area contributed by atoms with E-state index in [2.05, 4.69) is 5.32 Å². The van der Waals surface area contributed by atoms with Gasteiger partial charge in [0.05, 0.1) is 18.4 Å². The molecule has 96 valence electrons. The summed E-state index contributed by atoms with van der Waals surface area (Å²) in [7, 11) is 0. The number of amides is 1. The predicted octanol–water partition coefficient (Wildman–Crippen LogP) is 1.74. The molecule has 1 saturated carbocycles. The monoisotopic (exact) mass is 247 g/mol. The molecule has 0 spiro atoms. The summed E-state index contributed by atoms with van der Waals surface area (Å²) >= 11 is 0. The number of carboxylic acid groups (broad SMARTS) is 1. The van der Waals surface area contributed by atoms with Gasteiger partial charge in [-0.15, -0.1) is 0 Å². The van der Waals surface area contributed by atoms with Gasteiger partial charge < -0.3 is 10.4 Å². The molecule has 4 nitrogen and oxygen atoms in total. The molecule has 1 aromatic carbocycles. The van der Waals surface area contributed by atoms with Crippen LogP contribution in [0.1, 0.15) is 31.2 Å². The maximum absolute atomic E-state index is 11.9. The van der Waals surface area contributed by atoms with Crippen LogP contribution in [0.25, 0.3) is 0 Å². The van der Waals surface area contributed by atoms with Crippen LogP contribution in [0, 0.1) is 0 Å². The molecule has 1 aliphatic rings. The molecule has 1 amide bonds. The zero-order valence-electron chi connectivity index (χ0n) is 10.2. The third-order valence-corrected chi connectivity index (χ3v) is 3.41. The number of aliphatic carboxylic acids is 1. The van der Waals surface area contributed by atoms with E-state index in [0.717, 1.165) is 24.8 Å². The summed E-state index contributed by atoms with van der Waals surface area (Å²) in [5, 5.41) is 11.8. The Labute approximate surface area is 106 Å². The highest BCUT2D eigenvalue weighted by Crippen LogP contribution is 2.34. The molecule has 2 N–H and O–H groups in total. The van der Waals surface area contributed by atoms with Crippen LogP contribution in [-0.2, 0) is 16.0 Å². The van der Waals surface area contributed by atoms with Crippen molar-refractivity contribution in [1.82, 2.24) is 5.32 Å². The molecule has 0 bridgehead atoms. The first-order chi connectivity index (χ1) is 8.60. The number of nitrogens with one attached hydrogen (secondary N) is 1. The van der Waals surface area contributed by atoms with Gasteiger partial charge in [-0.25, -0.2) is 0 Å². The van der Waals surface area contributed by atoms with E-state index in [4.69, 9.17) is 5.11 Å². The highest BCUT2D eigenvalue weighted by molar-refractivity contribution is 5.80. The summed E-state index contributed by atoms with van der Waals surface area (Å²) in [5.74, 6) is -0.947. The number of rotatable bonds is 5. The van der Waals surface area contributed by atoms with Gasteiger partial charge in [0.25, 0.3) is 0 Å². The fourth-order valence-corrected chi connectivity index (χ4v) is 2.36. The minimum Gasteiger partial charge on any atom is -0.481 e. The molecular weight excluding hydrogens is 230 g/mol. The summed E-state index contributed by atoms with van der Waals surface area (Å²) in [4.78, 5) is 22.7. The summed E-state index contributed by atoms with van der Waals surface area (Å²) in [6, 6.07) is 9.46. The molecule has 0 aromatic heterocycles. The van der Waals surface area contributed by atoms with E-state index in [0.29, 0.717) is 6.42 Å². The molecule has 4 heteroatoms. The highest BCUT2D eigenvalue weighted by atomic mass is 16.4. The summed E-state index contributed by atoms with van der Waals surface area (Å²) in [5.41, 5.74) is 0.442. The van der Waals surface area contributed by atoms with Gasteiger partial charge in [0.1, 0.15) is 0 Å². The lowest BCUT2D eigenvalue weighted by Crippen LogP contribution is -2.55. The first-order valence-corrected chi connectivity index (χ1v) is 6.16. The summed E-state index contributed by atoms with van der Waals surface area (Å²) in [6.07, 6.45) is 2.84. The van der Waals surface area contributed by atoms with Crippen molar-refractivity contribution in [2.45, 2.75) is 37.6 Å². The Bertz CT molecular complexity index is 438. The Hall–Kier alpha value is -1.84. The molecule has 0 aliphatic heterocycles. The van der Waals surface area contributed by atoms with Gasteiger partial charge in [-0.2, -0.15) is 0 Å². The maximum Gasteiger partial charge on any atom is 0.305 e. The van der Waals surface area contributed by atoms with Crippen molar-refractivity contribution < 1.29 is 14.7 Å². The molecule has 0 saturated heterocycles. The van der Waals surface area contributed by atoms with E-state index in [1.807, 2.05) is 30.3 Å². The van der Waals surface area contributed by atoms with E-state index in [1.54, 1.807) is 0 Å². The minimum atomic E-state index is -0.852. The van der Waals surface area contributed by atoms with Crippen LogP contribution in [0.2, 0.25) is 0 Å². The van der Waals surface area contributed by atoms with Gasteiger partial charge in [0.2, 0.25) is 5.91 Å². The molecule has 0 unspecified atom stereocenters. The number of benzene rings is 1. The van der Waals surface area contributed by atoms with E-state index in [1.165, 1.54) is 0 Å². The lowest BCUT2D eigenvalue weighted by Gasteiger charge is -2.41. The maximum atomic E-state index is 11.9. The Morgan fingerprint density at radius 2 is 1.89 bits per heavy atom. The highest BCUT2D eigenvalue weighted by Gasteiger charge is 2.40. The summed E-state index contributed by atoms with van der Waals surface area (Å²) in [6.45, 7) is 0. The van der Waals surface area contributed by atoms with Crippen molar-refractivity contribution in [3.05, 3.63) is 35.9 Å². The fourth-order valence-electron chi connectivity index (χ4n) is 2.36. The molecule has 0 radical (unpaired) electrons. The minimum absolute atomic E-state index is 0.0214. The smallest absolute Gasteiger partial charge is 0.305 e. The third-order valence-electron chi connectivity index (χ3n) is 3.41. The largest absolute Gasteiger partial charge is 0.481 e. The molecule has 0 atom stereocenters. The lowest BCUT2D eigenvalue weighted by molar-refractivity contribution is -0.140. The zero-order chi connectivity index (χ0) is 13.0. The first kappa shape index (κ1) is 12.6. The second kappa shape index (κ2) is 5.21. The zero-order valence-corrected chi connectivity index (χ0v) is 10.2. The van der Waals surface area contributed by atoms with Crippen LogP contribution in [0.4, 0.5) is 0 Å². The first-order valence-electron chi connectivity index (χ1n) is 6.16. The molecule has 0 heterocycles. The Morgan fingerprint density at radius 1 is 1.22 bits per heavy atom.